The molecule has 2 aromatic carbocycles. The van der Waals surface area contributed by atoms with E-state index in [1.165, 1.54) is 22.5 Å². The number of hydrogen-bond acceptors (Lipinski definition) is 5. The molecule has 2 amide bonds. The summed E-state index contributed by atoms with van der Waals surface area (Å²) < 4.78 is 5.19. The van der Waals surface area contributed by atoms with Crippen LogP contribution in [0.3, 0.4) is 0 Å². The van der Waals surface area contributed by atoms with E-state index in [9.17, 15) is 19.5 Å². The van der Waals surface area contributed by atoms with Crippen molar-refractivity contribution in [2.24, 2.45) is 0 Å². The molecule has 0 spiro atoms. The highest BCUT2D eigenvalue weighted by atomic mass is 16.5. The topological polar surface area (TPSA) is 99.2 Å². The van der Waals surface area contributed by atoms with Crippen LogP contribution < -0.4 is 10.3 Å². The molecule has 8 nitrogen and oxygen atoms in total. The molecule has 176 valence electrons. The van der Waals surface area contributed by atoms with Gasteiger partial charge in [-0.15, -0.1) is 0 Å². The number of hydrogen-bond donors (Lipinski definition) is 2. The Kier molecular flexibility index (Phi) is 8.43. The van der Waals surface area contributed by atoms with Crippen molar-refractivity contribution in [3.8, 4) is 0 Å². The number of aliphatic carboxylic acids is 1. The summed E-state index contributed by atoms with van der Waals surface area (Å²) in [6.07, 6.45) is 3.99. The van der Waals surface area contributed by atoms with E-state index in [4.69, 9.17) is 4.74 Å². The van der Waals surface area contributed by atoms with E-state index in [0.29, 0.717) is 18.5 Å². The predicted molar refractivity (Wildman–Crippen MR) is 125 cm³/mol. The highest BCUT2D eigenvalue weighted by Crippen LogP contribution is 2.27. The first-order valence-corrected chi connectivity index (χ1v) is 11.2. The molecule has 2 aromatic rings. The fourth-order valence-electron chi connectivity index (χ4n) is 4.03. The van der Waals surface area contributed by atoms with Gasteiger partial charge in [0.25, 0.3) is 0 Å². The highest BCUT2D eigenvalue weighted by molar-refractivity contribution is 5.96. The molecule has 0 saturated heterocycles. The van der Waals surface area contributed by atoms with Crippen LogP contribution in [-0.2, 0) is 33.6 Å². The first-order chi connectivity index (χ1) is 15.9. The Morgan fingerprint density at radius 2 is 1.82 bits per heavy atom. The van der Waals surface area contributed by atoms with Crippen LogP contribution in [0, 0.1) is 0 Å². The van der Waals surface area contributed by atoms with E-state index < -0.39 is 30.6 Å². The maximum absolute atomic E-state index is 13.2. The summed E-state index contributed by atoms with van der Waals surface area (Å²) in [5.74, 6) is -1.58. The summed E-state index contributed by atoms with van der Waals surface area (Å²) in [5.41, 5.74) is 6.88. The normalized spacial score (nSPS) is 13.2. The van der Waals surface area contributed by atoms with Gasteiger partial charge in [0.1, 0.15) is 12.6 Å². The molecule has 0 aliphatic heterocycles. The van der Waals surface area contributed by atoms with Gasteiger partial charge in [-0.25, -0.2) is 10.2 Å². The molecule has 0 heterocycles. The number of esters is 1. The lowest BCUT2D eigenvalue weighted by Crippen LogP contribution is -2.55. The van der Waals surface area contributed by atoms with Crippen LogP contribution in [0.1, 0.15) is 36.5 Å². The number of benzene rings is 2. The van der Waals surface area contributed by atoms with Crippen molar-refractivity contribution in [2.75, 3.05) is 25.1 Å². The number of ether oxygens (including phenoxy) is 1. The van der Waals surface area contributed by atoms with Crippen molar-refractivity contribution in [3.05, 3.63) is 65.2 Å². The van der Waals surface area contributed by atoms with E-state index in [-0.39, 0.29) is 6.61 Å². The number of nitrogens with one attached hydrogen (secondary N) is 1. The maximum atomic E-state index is 13.2. The van der Waals surface area contributed by atoms with Gasteiger partial charge in [-0.3, -0.25) is 19.5 Å². The van der Waals surface area contributed by atoms with Crippen molar-refractivity contribution in [1.29, 1.82) is 0 Å². The SMILES string of the molecule is CCOC(=O)C(CCc1ccccc1)NN(C)C(=O)N(CC(=O)O)c1ccc2c(c1)CCC2. The summed E-state index contributed by atoms with van der Waals surface area (Å²) in [6.45, 7) is 1.46. The van der Waals surface area contributed by atoms with Gasteiger partial charge in [0.05, 0.1) is 6.61 Å². The first kappa shape index (κ1) is 24.3. The first-order valence-electron chi connectivity index (χ1n) is 11.2. The lowest BCUT2D eigenvalue weighted by Gasteiger charge is -2.30. The van der Waals surface area contributed by atoms with Crippen LogP contribution in [0.25, 0.3) is 0 Å². The third kappa shape index (κ3) is 6.55. The number of hydrazine groups is 1. The molecule has 1 atom stereocenters. The predicted octanol–water partition coefficient (Wildman–Crippen LogP) is 3.19. The Morgan fingerprint density at radius 1 is 1.09 bits per heavy atom. The summed E-state index contributed by atoms with van der Waals surface area (Å²) >= 11 is 0. The zero-order valence-electron chi connectivity index (χ0n) is 19.1. The number of nitrogens with zero attached hydrogens (tertiary/aromatic N) is 2. The Labute approximate surface area is 194 Å². The van der Waals surface area contributed by atoms with Crippen LogP contribution >= 0.6 is 0 Å². The van der Waals surface area contributed by atoms with Crippen LogP contribution in [0.5, 0.6) is 0 Å². The molecule has 33 heavy (non-hydrogen) atoms. The lowest BCUT2D eigenvalue weighted by molar-refractivity contribution is -0.147. The molecule has 0 aromatic heterocycles. The van der Waals surface area contributed by atoms with Gasteiger partial charge in [-0.05, 0) is 67.9 Å². The average Bonchev–Trinajstić information content (AvgIpc) is 3.28. The number of anilines is 1. The minimum absolute atomic E-state index is 0.222. The van der Waals surface area contributed by atoms with Gasteiger partial charge >= 0.3 is 18.0 Å². The number of aryl methyl sites for hydroxylation is 3. The standard InChI is InChI=1S/C25H31N3O5/c1-3-33-24(31)22(15-12-18-8-5-4-6-9-18)26-27(2)25(32)28(17-23(29)30)21-14-13-19-10-7-11-20(19)16-21/h4-6,8-9,13-14,16,22,26H,3,7,10-12,15,17H2,1-2H3,(H,29,30). The van der Waals surface area contributed by atoms with Crippen molar-refractivity contribution in [1.82, 2.24) is 10.4 Å². The minimum atomic E-state index is -1.12. The molecule has 0 saturated carbocycles. The van der Waals surface area contributed by atoms with Crippen molar-refractivity contribution >= 4 is 23.7 Å². The number of urea groups is 1. The van der Waals surface area contributed by atoms with Gasteiger partial charge < -0.3 is 9.84 Å². The quantitative estimate of drug-likeness (QED) is 0.423. The number of fused-ring (bicyclic) bond motifs is 1. The van der Waals surface area contributed by atoms with Gasteiger partial charge in [-0.2, -0.15) is 0 Å². The Balaban J connectivity index is 1.74. The lowest BCUT2D eigenvalue weighted by atomic mass is 10.1. The number of amides is 2. The Bertz CT molecular complexity index is 979. The molecule has 0 fully saturated rings. The van der Waals surface area contributed by atoms with Crippen molar-refractivity contribution < 1.29 is 24.2 Å². The highest BCUT2D eigenvalue weighted by Gasteiger charge is 2.28. The number of carbonyl (C=O) groups excluding carboxylic acids is 2. The molecule has 0 bridgehead atoms. The van der Waals surface area contributed by atoms with Gasteiger partial charge in [0.15, 0.2) is 0 Å². The van der Waals surface area contributed by atoms with Crippen molar-refractivity contribution in [2.45, 2.75) is 45.1 Å². The van der Waals surface area contributed by atoms with Crippen LogP contribution in [0.2, 0.25) is 0 Å². The van der Waals surface area contributed by atoms with E-state index in [0.717, 1.165) is 30.4 Å². The van der Waals surface area contributed by atoms with Gasteiger partial charge in [-0.1, -0.05) is 36.4 Å². The maximum Gasteiger partial charge on any atom is 0.339 e. The summed E-state index contributed by atoms with van der Waals surface area (Å²) in [6, 6.07) is 14.0. The van der Waals surface area contributed by atoms with Crippen molar-refractivity contribution in [3.63, 3.8) is 0 Å². The summed E-state index contributed by atoms with van der Waals surface area (Å²) in [7, 11) is 1.49. The average molecular weight is 454 g/mol. The molecule has 8 heteroatoms. The second-order valence-corrected chi connectivity index (χ2v) is 8.09. The molecule has 2 N–H and O–H groups in total. The third-order valence-corrected chi connectivity index (χ3v) is 5.69. The van der Waals surface area contributed by atoms with Crippen LogP contribution in [0.4, 0.5) is 10.5 Å². The molecule has 3 rings (SSSR count). The van der Waals surface area contributed by atoms with Crippen LogP contribution in [0.15, 0.2) is 48.5 Å². The molecule has 1 aliphatic rings. The van der Waals surface area contributed by atoms with E-state index in [1.54, 1.807) is 13.0 Å². The minimum Gasteiger partial charge on any atom is -0.480 e. The Hall–Kier alpha value is -3.39. The molecule has 1 unspecified atom stereocenters. The molecule has 1 aliphatic carbocycles. The van der Waals surface area contributed by atoms with E-state index >= 15 is 0 Å². The van der Waals surface area contributed by atoms with E-state index in [2.05, 4.69) is 5.43 Å². The van der Waals surface area contributed by atoms with Gasteiger partial charge in [0.2, 0.25) is 0 Å². The molecular weight excluding hydrogens is 422 g/mol. The largest absolute Gasteiger partial charge is 0.480 e. The second kappa shape index (κ2) is 11.5. The smallest absolute Gasteiger partial charge is 0.339 e. The number of carboxylic acids is 1. The van der Waals surface area contributed by atoms with Crippen LogP contribution in [-0.4, -0.2) is 54.3 Å². The van der Waals surface area contributed by atoms with E-state index in [1.807, 2.05) is 42.5 Å². The number of carbonyl (C=O) groups is 3. The Morgan fingerprint density at radius 3 is 2.52 bits per heavy atom. The third-order valence-electron chi connectivity index (χ3n) is 5.69. The fourth-order valence-corrected chi connectivity index (χ4v) is 4.03. The zero-order chi connectivity index (χ0) is 23.8. The number of rotatable bonds is 10. The monoisotopic (exact) mass is 453 g/mol. The number of carboxylic acid groups (broad SMARTS) is 1. The zero-order valence-corrected chi connectivity index (χ0v) is 19.1. The second-order valence-electron chi connectivity index (χ2n) is 8.09. The molecule has 0 radical (unpaired) electrons. The summed E-state index contributed by atoms with van der Waals surface area (Å²) in [5, 5.41) is 10.6. The summed E-state index contributed by atoms with van der Waals surface area (Å²) in [4.78, 5) is 38.5. The molecular formula is C25H31N3O5. The van der Waals surface area contributed by atoms with Gasteiger partial charge in [0, 0.05) is 12.7 Å². The fraction of sp³-hybridized carbons (Fsp3) is 0.400.